The van der Waals surface area contributed by atoms with E-state index in [9.17, 15) is 13.2 Å². The smallest absolute Gasteiger partial charge is 0.254 e. The van der Waals surface area contributed by atoms with Crippen LogP contribution < -0.4 is 0 Å². The van der Waals surface area contributed by atoms with E-state index < -0.39 is 10.0 Å². The number of hydrogen-bond acceptors (Lipinski definition) is 4. The second-order valence-corrected chi connectivity index (χ2v) is 9.99. The molecule has 8 heteroatoms. The molecule has 1 saturated heterocycles. The van der Waals surface area contributed by atoms with Crippen LogP contribution in [-0.2, 0) is 10.0 Å². The number of carbonyl (C=O) groups is 1. The van der Waals surface area contributed by atoms with Gasteiger partial charge < -0.3 is 4.90 Å². The Morgan fingerprint density at radius 3 is 2.15 bits per heavy atom. The number of carbonyl (C=O) groups excluding carboxylic acids is 1. The van der Waals surface area contributed by atoms with E-state index in [2.05, 4.69) is 5.10 Å². The Hall–Kier alpha value is -3.75. The van der Waals surface area contributed by atoms with Gasteiger partial charge in [0, 0.05) is 37.3 Å². The van der Waals surface area contributed by atoms with Gasteiger partial charge in [0.05, 0.1) is 22.5 Å². The molecule has 172 valence electrons. The van der Waals surface area contributed by atoms with E-state index in [0.717, 1.165) is 16.9 Å². The molecule has 0 N–H and O–H groups in total. The van der Waals surface area contributed by atoms with Crippen molar-refractivity contribution in [2.45, 2.75) is 4.90 Å². The summed E-state index contributed by atoms with van der Waals surface area (Å²) in [5.74, 6) is -0.118. The van der Waals surface area contributed by atoms with Gasteiger partial charge in [0.25, 0.3) is 5.91 Å². The van der Waals surface area contributed by atoms with Crippen LogP contribution in [-0.4, -0.2) is 59.5 Å². The van der Waals surface area contributed by atoms with E-state index in [0.29, 0.717) is 18.7 Å². The maximum atomic E-state index is 13.2. The van der Waals surface area contributed by atoms with Crippen molar-refractivity contribution >= 4 is 15.9 Å². The Kier molecular flexibility index (Phi) is 6.00. The highest BCUT2D eigenvalue weighted by molar-refractivity contribution is 7.89. The van der Waals surface area contributed by atoms with Gasteiger partial charge in [-0.05, 0) is 36.4 Å². The lowest BCUT2D eigenvalue weighted by Crippen LogP contribution is -2.50. The van der Waals surface area contributed by atoms with Crippen molar-refractivity contribution in [1.82, 2.24) is 19.0 Å². The molecule has 4 aromatic rings. The monoisotopic (exact) mass is 472 g/mol. The summed E-state index contributed by atoms with van der Waals surface area (Å²) in [4.78, 5) is 15.2. The molecule has 3 aromatic carbocycles. The molecule has 1 amide bonds. The number of amides is 1. The number of sulfonamides is 1. The first kappa shape index (κ1) is 22.1. The Morgan fingerprint density at radius 1 is 0.765 bits per heavy atom. The van der Waals surface area contributed by atoms with E-state index in [4.69, 9.17) is 0 Å². The van der Waals surface area contributed by atoms with Crippen molar-refractivity contribution in [3.63, 3.8) is 0 Å². The third kappa shape index (κ3) is 4.25. The summed E-state index contributed by atoms with van der Waals surface area (Å²) in [7, 11) is -3.56. The fraction of sp³-hybridized carbons (Fsp3) is 0.154. The summed E-state index contributed by atoms with van der Waals surface area (Å²) in [5, 5.41) is 4.46. The van der Waals surface area contributed by atoms with E-state index in [1.54, 1.807) is 47.5 Å². The lowest BCUT2D eigenvalue weighted by atomic mass is 10.1. The molecule has 34 heavy (non-hydrogen) atoms. The van der Waals surface area contributed by atoms with E-state index >= 15 is 0 Å². The van der Waals surface area contributed by atoms with Crippen LogP contribution in [0.2, 0.25) is 0 Å². The van der Waals surface area contributed by atoms with Gasteiger partial charge in [-0.3, -0.25) is 4.79 Å². The SMILES string of the molecule is O=C(c1cccc(-n2nccc2-c2ccccc2)c1)N1CCN(S(=O)(=O)c2ccccc2)CC1. The van der Waals surface area contributed by atoms with Crippen LogP contribution in [0.15, 0.2) is 102 Å². The Labute approximate surface area is 198 Å². The predicted molar refractivity (Wildman–Crippen MR) is 130 cm³/mol. The molecule has 2 heterocycles. The second-order valence-electron chi connectivity index (χ2n) is 8.05. The summed E-state index contributed by atoms with van der Waals surface area (Å²) in [6, 6.07) is 27.7. The van der Waals surface area contributed by atoms with Gasteiger partial charge in [0.1, 0.15) is 0 Å². The zero-order chi connectivity index (χ0) is 23.5. The first-order valence-electron chi connectivity index (χ1n) is 11.1. The highest BCUT2D eigenvalue weighted by Crippen LogP contribution is 2.23. The molecular weight excluding hydrogens is 448 g/mol. The average Bonchev–Trinajstić information content (AvgIpc) is 3.40. The molecule has 0 atom stereocenters. The maximum absolute atomic E-state index is 13.2. The van der Waals surface area contributed by atoms with Gasteiger partial charge in [0.2, 0.25) is 10.0 Å². The number of benzene rings is 3. The molecule has 1 aliphatic heterocycles. The number of nitrogens with zero attached hydrogens (tertiary/aromatic N) is 4. The first-order valence-corrected chi connectivity index (χ1v) is 12.5. The van der Waals surface area contributed by atoms with Crippen molar-refractivity contribution in [2.24, 2.45) is 0 Å². The minimum Gasteiger partial charge on any atom is -0.336 e. The summed E-state index contributed by atoms with van der Waals surface area (Å²) in [6.07, 6.45) is 1.74. The first-order chi connectivity index (χ1) is 16.5. The number of aromatic nitrogens is 2. The van der Waals surface area contributed by atoms with Crippen LogP contribution in [0.1, 0.15) is 10.4 Å². The number of hydrogen-bond donors (Lipinski definition) is 0. The average molecular weight is 473 g/mol. The highest BCUT2D eigenvalue weighted by atomic mass is 32.2. The van der Waals surface area contributed by atoms with Gasteiger partial charge in [-0.2, -0.15) is 9.40 Å². The molecule has 7 nitrogen and oxygen atoms in total. The molecule has 0 saturated carbocycles. The molecule has 0 spiro atoms. The van der Waals surface area contributed by atoms with Gasteiger partial charge in [0.15, 0.2) is 0 Å². The fourth-order valence-corrected chi connectivity index (χ4v) is 5.61. The Balaban J connectivity index is 1.32. The molecule has 0 radical (unpaired) electrons. The molecule has 0 aliphatic carbocycles. The van der Waals surface area contributed by atoms with Crippen molar-refractivity contribution in [1.29, 1.82) is 0 Å². The van der Waals surface area contributed by atoms with E-state index in [1.807, 2.05) is 59.3 Å². The Bertz CT molecular complexity index is 1390. The van der Waals surface area contributed by atoms with Crippen molar-refractivity contribution < 1.29 is 13.2 Å². The van der Waals surface area contributed by atoms with Crippen molar-refractivity contribution in [3.05, 3.63) is 103 Å². The molecule has 1 aromatic heterocycles. The standard InChI is InChI=1S/C26H24N4O3S/c31-26(28-16-18-29(19-17-28)34(32,33)24-12-5-2-6-13-24)22-10-7-11-23(20-22)30-25(14-15-27-30)21-8-3-1-4-9-21/h1-15,20H,16-19H2. The maximum Gasteiger partial charge on any atom is 0.254 e. The number of rotatable bonds is 5. The van der Waals surface area contributed by atoms with E-state index in [-0.39, 0.29) is 23.9 Å². The molecule has 1 fully saturated rings. The minimum atomic E-state index is -3.56. The summed E-state index contributed by atoms with van der Waals surface area (Å²) >= 11 is 0. The van der Waals surface area contributed by atoms with Gasteiger partial charge in [-0.15, -0.1) is 0 Å². The predicted octanol–water partition coefficient (Wildman–Crippen LogP) is 3.69. The number of piperazine rings is 1. The van der Waals surface area contributed by atoms with Crippen LogP contribution in [0.5, 0.6) is 0 Å². The lowest BCUT2D eigenvalue weighted by Gasteiger charge is -2.34. The Morgan fingerprint density at radius 2 is 1.44 bits per heavy atom. The third-order valence-corrected chi connectivity index (χ3v) is 7.87. The highest BCUT2D eigenvalue weighted by Gasteiger charge is 2.30. The third-order valence-electron chi connectivity index (χ3n) is 5.96. The largest absolute Gasteiger partial charge is 0.336 e. The fourth-order valence-electron chi connectivity index (χ4n) is 4.16. The van der Waals surface area contributed by atoms with Crippen LogP contribution in [0.25, 0.3) is 16.9 Å². The van der Waals surface area contributed by atoms with Gasteiger partial charge in [-0.25, -0.2) is 13.1 Å². The zero-order valence-corrected chi connectivity index (χ0v) is 19.3. The zero-order valence-electron chi connectivity index (χ0n) is 18.5. The minimum absolute atomic E-state index is 0.118. The van der Waals surface area contributed by atoms with Crippen molar-refractivity contribution in [2.75, 3.05) is 26.2 Å². The summed E-state index contributed by atoms with van der Waals surface area (Å²) in [6.45, 7) is 1.21. The molecule has 1 aliphatic rings. The lowest BCUT2D eigenvalue weighted by molar-refractivity contribution is 0.0698. The normalized spacial score (nSPS) is 14.8. The topological polar surface area (TPSA) is 75.5 Å². The summed E-state index contributed by atoms with van der Waals surface area (Å²) < 4.78 is 29.0. The second kappa shape index (κ2) is 9.24. The molecule has 5 rings (SSSR count). The van der Waals surface area contributed by atoms with Crippen LogP contribution in [0, 0.1) is 0 Å². The molecule has 0 bridgehead atoms. The van der Waals surface area contributed by atoms with E-state index in [1.165, 1.54) is 4.31 Å². The van der Waals surface area contributed by atoms with Crippen LogP contribution in [0.4, 0.5) is 0 Å². The van der Waals surface area contributed by atoms with Crippen LogP contribution >= 0.6 is 0 Å². The molecule has 0 unspecified atom stereocenters. The van der Waals surface area contributed by atoms with Gasteiger partial charge >= 0.3 is 0 Å². The van der Waals surface area contributed by atoms with Gasteiger partial charge in [-0.1, -0.05) is 54.6 Å². The summed E-state index contributed by atoms with van der Waals surface area (Å²) in [5.41, 5.74) is 3.31. The van der Waals surface area contributed by atoms with Crippen LogP contribution in [0.3, 0.4) is 0 Å². The quantitative estimate of drug-likeness (QED) is 0.444. The van der Waals surface area contributed by atoms with Crippen molar-refractivity contribution in [3.8, 4) is 16.9 Å². The molecular formula is C26H24N4O3S.